The zero-order chi connectivity index (χ0) is 13.6. The van der Waals surface area contributed by atoms with Crippen LogP contribution in [-0.4, -0.2) is 34.9 Å². The van der Waals surface area contributed by atoms with Crippen molar-refractivity contribution in [3.05, 3.63) is 34.9 Å². The number of hydrogen-bond donors (Lipinski definition) is 0. The van der Waals surface area contributed by atoms with Crippen molar-refractivity contribution in [2.45, 2.75) is 32.6 Å². The van der Waals surface area contributed by atoms with Crippen molar-refractivity contribution in [1.82, 2.24) is 10.0 Å². The second-order valence-electron chi connectivity index (χ2n) is 5.42. The topological polar surface area (TPSA) is 40.6 Å². The Labute approximate surface area is 113 Å². The Hall–Kier alpha value is -1.84. The normalized spacial score (nSPS) is 20.1. The van der Waals surface area contributed by atoms with Gasteiger partial charge in [0.25, 0.3) is 11.8 Å². The van der Waals surface area contributed by atoms with Crippen LogP contribution in [0.2, 0.25) is 0 Å². The van der Waals surface area contributed by atoms with E-state index in [2.05, 4.69) is 0 Å². The summed E-state index contributed by atoms with van der Waals surface area (Å²) in [5, 5.41) is 3.27. The van der Waals surface area contributed by atoms with Crippen molar-refractivity contribution in [2.24, 2.45) is 0 Å². The summed E-state index contributed by atoms with van der Waals surface area (Å²) in [7, 11) is 0. The highest BCUT2D eigenvalue weighted by Crippen LogP contribution is 2.33. The molecule has 1 aromatic rings. The van der Waals surface area contributed by atoms with E-state index in [0.29, 0.717) is 13.1 Å². The molecule has 0 bridgehead atoms. The molecule has 0 saturated carbocycles. The number of carbonyl (C=O) groups excluding carboxylic acids is 2. The number of fused-ring (bicyclic) bond motifs is 1. The second-order valence-corrected chi connectivity index (χ2v) is 5.42. The quantitative estimate of drug-likeness (QED) is 0.720. The lowest BCUT2D eigenvalue weighted by atomic mass is 9.93. The lowest BCUT2D eigenvalue weighted by molar-refractivity contribution is -0.150. The van der Waals surface area contributed by atoms with Gasteiger partial charge in [-0.25, -0.2) is 0 Å². The van der Waals surface area contributed by atoms with E-state index in [4.69, 9.17) is 0 Å². The SMILES string of the molecule is Cc1ccc(C2C(=O)N3CCCCN3C2=O)c(C)c1. The molecule has 19 heavy (non-hydrogen) atoms. The Morgan fingerprint density at radius 1 is 1.00 bits per heavy atom. The van der Waals surface area contributed by atoms with E-state index in [-0.39, 0.29) is 11.8 Å². The van der Waals surface area contributed by atoms with Crippen LogP contribution in [0.4, 0.5) is 0 Å². The van der Waals surface area contributed by atoms with Crippen molar-refractivity contribution in [3.63, 3.8) is 0 Å². The van der Waals surface area contributed by atoms with Crippen LogP contribution in [-0.2, 0) is 9.59 Å². The van der Waals surface area contributed by atoms with Crippen LogP contribution in [0.25, 0.3) is 0 Å². The van der Waals surface area contributed by atoms with Gasteiger partial charge in [0.2, 0.25) is 0 Å². The Bertz CT molecular complexity index is 529. The summed E-state index contributed by atoms with van der Waals surface area (Å²) in [6.07, 6.45) is 1.96. The van der Waals surface area contributed by atoms with Gasteiger partial charge in [0.1, 0.15) is 5.92 Å². The molecule has 4 nitrogen and oxygen atoms in total. The number of hydrogen-bond acceptors (Lipinski definition) is 2. The van der Waals surface area contributed by atoms with Gasteiger partial charge < -0.3 is 0 Å². The summed E-state index contributed by atoms with van der Waals surface area (Å²) in [6.45, 7) is 5.33. The minimum atomic E-state index is -0.626. The van der Waals surface area contributed by atoms with Crippen molar-refractivity contribution in [3.8, 4) is 0 Å². The lowest BCUT2D eigenvalue weighted by Crippen LogP contribution is -2.45. The van der Waals surface area contributed by atoms with Gasteiger partial charge in [0, 0.05) is 13.1 Å². The highest BCUT2D eigenvalue weighted by atomic mass is 16.2. The fourth-order valence-corrected chi connectivity index (χ4v) is 3.04. The van der Waals surface area contributed by atoms with E-state index in [9.17, 15) is 9.59 Å². The van der Waals surface area contributed by atoms with Crippen LogP contribution in [0, 0.1) is 13.8 Å². The number of rotatable bonds is 1. The van der Waals surface area contributed by atoms with Crippen molar-refractivity contribution >= 4 is 11.8 Å². The third-order valence-electron chi connectivity index (χ3n) is 4.02. The monoisotopic (exact) mass is 258 g/mol. The molecule has 0 atom stereocenters. The number of benzene rings is 1. The molecule has 100 valence electrons. The minimum absolute atomic E-state index is 0.0587. The standard InChI is InChI=1S/C15H18N2O2/c1-10-5-6-12(11(2)9-10)13-14(18)16-7-3-4-8-17(16)15(13)19/h5-6,9,13H,3-4,7-8H2,1-2H3. The third-order valence-corrected chi connectivity index (χ3v) is 4.02. The molecule has 0 N–H and O–H groups in total. The number of nitrogens with zero attached hydrogens (tertiary/aromatic N) is 2. The average Bonchev–Trinajstić information content (AvgIpc) is 2.64. The number of hydrazine groups is 1. The average molecular weight is 258 g/mol. The first-order valence-electron chi connectivity index (χ1n) is 6.79. The molecule has 0 spiro atoms. The van der Waals surface area contributed by atoms with Gasteiger partial charge in [-0.3, -0.25) is 19.6 Å². The molecule has 3 rings (SSSR count). The van der Waals surface area contributed by atoms with Gasteiger partial charge in [-0.15, -0.1) is 0 Å². The molecule has 0 aliphatic carbocycles. The van der Waals surface area contributed by atoms with E-state index in [1.807, 2.05) is 32.0 Å². The van der Waals surface area contributed by atoms with Crippen molar-refractivity contribution < 1.29 is 9.59 Å². The van der Waals surface area contributed by atoms with Gasteiger partial charge in [-0.2, -0.15) is 0 Å². The molecule has 2 saturated heterocycles. The highest BCUT2D eigenvalue weighted by Gasteiger charge is 2.47. The molecule has 2 aliphatic heterocycles. The molecule has 2 amide bonds. The van der Waals surface area contributed by atoms with Crippen LogP contribution in [0.5, 0.6) is 0 Å². The molecule has 0 radical (unpaired) electrons. The summed E-state index contributed by atoms with van der Waals surface area (Å²) in [5.74, 6) is -0.744. The second kappa shape index (κ2) is 4.37. The van der Waals surface area contributed by atoms with Crippen LogP contribution >= 0.6 is 0 Å². The predicted molar refractivity (Wildman–Crippen MR) is 71.3 cm³/mol. The van der Waals surface area contributed by atoms with Gasteiger partial charge >= 0.3 is 0 Å². The summed E-state index contributed by atoms with van der Waals surface area (Å²) >= 11 is 0. The van der Waals surface area contributed by atoms with E-state index >= 15 is 0 Å². The maximum atomic E-state index is 12.5. The zero-order valence-corrected chi connectivity index (χ0v) is 11.3. The predicted octanol–water partition coefficient (Wildman–Crippen LogP) is 1.77. The van der Waals surface area contributed by atoms with Gasteiger partial charge in [-0.1, -0.05) is 23.8 Å². The highest BCUT2D eigenvalue weighted by molar-refractivity contribution is 6.10. The summed E-state index contributed by atoms with van der Waals surface area (Å²) in [5.41, 5.74) is 3.03. The molecular formula is C15H18N2O2. The van der Waals surface area contributed by atoms with E-state index in [1.165, 1.54) is 0 Å². The molecular weight excluding hydrogens is 240 g/mol. The maximum absolute atomic E-state index is 12.5. The molecule has 0 unspecified atom stereocenters. The fraction of sp³-hybridized carbons (Fsp3) is 0.467. The number of carbonyl (C=O) groups is 2. The summed E-state index contributed by atoms with van der Waals surface area (Å²) < 4.78 is 0. The number of aryl methyl sites for hydroxylation is 2. The van der Waals surface area contributed by atoms with Gasteiger partial charge in [0.15, 0.2) is 0 Å². The van der Waals surface area contributed by atoms with Crippen LogP contribution in [0.1, 0.15) is 35.4 Å². The van der Waals surface area contributed by atoms with E-state index in [1.54, 1.807) is 10.0 Å². The largest absolute Gasteiger partial charge is 0.272 e. The Morgan fingerprint density at radius 3 is 2.11 bits per heavy atom. The van der Waals surface area contributed by atoms with Crippen LogP contribution < -0.4 is 0 Å². The first-order chi connectivity index (χ1) is 9.09. The Kier molecular flexibility index (Phi) is 2.81. The Morgan fingerprint density at radius 2 is 1.58 bits per heavy atom. The summed E-state index contributed by atoms with van der Waals surface area (Å²) in [6, 6.07) is 5.92. The lowest BCUT2D eigenvalue weighted by Gasteiger charge is -2.31. The van der Waals surface area contributed by atoms with Crippen LogP contribution in [0.15, 0.2) is 18.2 Å². The first kappa shape index (κ1) is 12.2. The summed E-state index contributed by atoms with van der Waals surface area (Å²) in [4.78, 5) is 24.9. The fourth-order valence-electron chi connectivity index (χ4n) is 3.04. The Balaban J connectivity index is 2.00. The van der Waals surface area contributed by atoms with Crippen molar-refractivity contribution in [1.29, 1.82) is 0 Å². The smallest absolute Gasteiger partial charge is 0.258 e. The minimum Gasteiger partial charge on any atom is -0.272 e. The van der Waals surface area contributed by atoms with E-state index in [0.717, 1.165) is 29.5 Å². The molecule has 2 aliphatic rings. The first-order valence-corrected chi connectivity index (χ1v) is 6.79. The molecule has 4 heteroatoms. The molecule has 1 aromatic carbocycles. The zero-order valence-electron chi connectivity index (χ0n) is 11.3. The maximum Gasteiger partial charge on any atom is 0.258 e. The molecule has 2 heterocycles. The van der Waals surface area contributed by atoms with Gasteiger partial charge in [0.05, 0.1) is 0 Å². The van der Waals surface area contributed by atoms with Gasteiger partial charge in [-0.05, 0) is 37.8 Å². The van der Waals surface area contributed by atoms with Crippen LogP contribution in [0.3, 0.4) is 0 Å². The van der Waals surface area contributed by atoms with E-state index < -0.39 is 5.92 Å². The molecule has 2 fully saturated rings. The third kappa shape index (κ3) is 1.82. The number of amides is 2. The molecule has 0 aromatic heterocycles. The van der Waals surface area contributed by atoms with Crippen molar-refractivity contribution in [2.75, 3.05) is 13.1 Å².